The highest BCUT2D eigenvalue weighted by molar-refractivity contribution is 7.12. The van der Waals surface area contributed by atoms with Gasteiger partial charge in [-0.3, -0.25) is 9.59 Å². The van der Waals surface area contributed by atoms with Crippen LogP contribution in [0.15, 0.2) is 41.8 Å². The highest BCUT2D eigenvalue weighted by atomic mass is 32.1. The van der Waals surface area contributed by atoms with Crippen LogP contribution < -0.4 is 10.6 Å². The van der Waals surface area contributed by atoms with Gasteiger partial charge in [-0.05, 0) is 42.0 Å². The number of rotatable bonds is 5. The fraction of sp³-hybridized carbons (Fsp3) is 0.350. The maximum atomic E-state index is 12.6. The third-order valence-electron chi connectivity index (χ3n) is 4.70. The van der Waals surface area contributed by atoms with Crippen LogP contribution in [-0.2, 0) is 6.54 Å². The van der Waals surface area contributed by atoms with E-state index in [1.165, 1.54) is 11.3 Å². The van der Waals surface area contributed by atoms with Gasteiger partial charge < -0.3 is 15.5 Å². The van der Waals surface area contributed by atoms with Crippen LogP contribution in [0.3, 0.4) is 0 Å². The molecule has 3 amide bonds. The Morgan fingerprint density at radius 2 is 2.07 bits per heavy atom. The standard InChI is InChI=1S/C20H23N3O3S/c1-21-19(25)15-6-2-5-14(11-15)12-22-20(26)23-9-3-7-16(13-23)18(24)17-8-4-10-27-17/h2,4-6,8,10-11,16H,3,7,9,12-13H2,1H3,(H,21,25)(H,22,26). The maximum absolute atomic E-state index is 12.6. The van der Waals surface area contributed by atoms with E-state index >= 15 is 0 Å². The summed E-state index contributed by atoms with van der Waals surface area (Å²) in [5.41, 5.74) is 1.41. The molecule has 3 rings (SSSR count). The van der Waals surface area contributed by atoms with Crippen molar-refractivity contribution in [3.05, 3.63) is 57.8 Å². The molecule has 7 heteroatoms. The Morgan fingerprint density at radius 3 is 2.81 bits per heavy atom. The smallest absolute Gasteiger partial charge is 0.317 e. The molecule has 142 valence electrons. The number of ketones is 1. The highest BCUT2D eigenvalue weighted by Crippen LogP contribution is 2.23. The lowest BCUT2D eigenvalue weighted by atomic mass is 9.93. The largest absolute Gasteiger partial charge is 0.355 e. The number of hydrogen-bond acceptors (Lipinski definition) is 4. The van der Waals surface area contributed by atoms with E-state index in [9.17, 15) is 14.4 Å². The Hall–Kier alpha value is -2.67. The summed E-state index contributed by atoms with van der Waals surface area (Å²) in [6, 6.07) is 10.7. The first-order valence-corrected chi connectivity index (χ1v) is 9.88. The number of carbonyl (C=O) groups excluding carboxylic acids is 3. The van der Waals surface area contributed by atoms with Crippen molar-refractivity contribution in [3.63, 3.8) is 0 Å². The van der Waals surface area contributed by atoms with Gasteiger partial charge in [0.2, 0.25) is 0 Å². The average Bonchev–Trinajstić information content (AvgIpc) is 3.26. The molecule has 1 aliphatic heterocycles. The Bertz CT molecular complexity index is 820. The van der Waals surface area contributed by atoms with Crippen LogP contribution in [0.5, 0.6) is 0 Å². The number of piperidine rings is 1. The first-order chi connectivity index (χ1) is 13.1. The van der Waals surface area contributed by atoms with E-state index in [-0.39, 0.29) is 23.6 Å². The van der Waals surface area contributed by atoms with Gasteiger partial charge >= 0.3 is 6.03 Å². The van der Waals surface area contributed by atoms with Crippen molar-refractivity contribution >= 4 is 29.1 Å². The van der Waals surface area contributed by atoms with Crippen molar-refractivity contribution in [1.29, 1.82) is 0 Å². The molecular weight excluding hydrogens is 362 g/mol. The van der Waals surface area contributed by atoms with Crippen molar-refractivity contribution in [1.82, 2.24) is 15.5 Å². The molecule has 0 radical (unpaired) electrons. The second-order valence-electron chi connectivity index (χ2n) is 6.56. The molecule has 1 fully saturated rings. The summed E-state index contributed by atoms with van der Waals surface area (Å²) in [7, 11) is 1.58. The second kappa shape index (κ2) is 8.81. The first kappa shape index (κ1) is 19.1. The number of nitrogens with zero attached hydrogens (tertiary/aromatic N) is 1. The summed E-state index contributed by atoms with van der Waals surface area (Å²) in [5, 5.41) is 7.38. The predicted octanol–water partition coefficient (Wildman–Crippen LogP) is 2.91. The summed E-state index contributed by atoms with van der Waals surface area (Å²) in [6.45, 7) is 1.43. The number of likely N-dealkylation sites (tertiary alicyclic amines) is 1. The lowest BCUT2D eigenvalue weighted by molar-refractivity contribution is 0.0849. The first-order valence-electron chi connectivity index (χ1n) is 9.00. The summed E-state index contributed by atoms with van der Waals surface area (Å²) in [6.07, 6.45) is 1.63. The van der Waals surface area contributed by atoms with Crippen molar-refractivity contribution in [2.24, 2.45) is 5.92 Å². The number of thiophene rings is 1. The zero-order valence-corrected chi connectivity index (χ0v) is 16.1. The topological polar surface area (TPSA) is 78.5 Å². The predicted molar refractivity (Wildman–Crippen MR) is 105 cm³/mol. The maximum Gasteiger partial charge on any atom is 0.317 e. The van der Waals surface area contributed by atoms with E-state index in [0.717, 1.165) is 23.3 Å². The Labute approximate surface area is 162 Å². The van der Waals surface area contributed by atoms with E-state index in [1.807, 2.05) is 23.6 Å². The van der Waals surface area contributed by atoms with Crippen molar-refractivity contribution in [3.8, 4) is 0 Å². The van der Waals surface area contributed by atoms with Gasteiger partial charge in [0.15, 0.2) is 5.78 Å². The lowest BCUT2D eigenvalue weighted by Crippen LogP contribution is -2.46. The van der Waals surface area contributed by atoms with Gasteiger partial charge in [-0.25, -0.2) is 4.79 Å². The van der Waals surface area contributed by atoms with E-state index in [4.69, 9.17) is 0 Å². The fourth-order valence-electron chi connectivity index (χ4n) is 3.25. The van der Waals surface area contributed by atoms with Gasteiger partial charge in [0.25, 0.3) is 5.91 Å². The van der Waals surface area contributed by atoms with Gasteiger partial charge in [0.1, 0.15) is 0 Å². The molecule has 0 saturated carbocycles. The summed E-state index contributed by atoms with van der Waals surface area (Å²) < 4.78 is 0. The van der Waals surface area contributed by atoms with Crippen LogP contribution in [0.1, 0.15) is 38.4 Å². The van der Waals surface area contributed by atoms with Gasteiger partial charge in [-0.1, -0.05) is 18.2 Å². The summed E-state index contributed by atoms with van der Waals surface area (Å²) in [4.78, 5) is 39.3. The van der Waals surface area contributed by atoms with Crippen LogP contribution >= 0.6 is 11.3 Å². The number of carbonyl (C=O) groups is 3. The number of Topliss-reactive ketones (excluding diaryl/α,β-unsaturated/α-hetero) is 1. The zero-order chi connectivity index (χ0) is 19.2. The summed E-state index contributed by atoms with van der Waals surface area (Å²) in [5.74, 6) is -0.172. The monoisotopic (exact) mass is 385 g/mol. The molecule has 1 aromatic carbocycles. The molecule has 27 heavy (non-hydrogen) atoms. The van der Waals surface area contributed by atoms with Crippen LogP contribution in [0, 0.1) is 5.92 Å². The molecule has 1 saturated heterocycles. The molecule has 1 unspecified atom stereocenters. The Morgan fingerprint density at radius 1 is 1.22 bits per heavy atom. The van der Waals surface area contributed by atoms with Gasteiger partial charge in [-0.2, -0.15) is 0 Å². The number of urea groups is 1. The van der Waals surface area contributed by atoms with Crippen molar-refractivity contribution in [2.45, 2.75) is 19.4 Å². The van der Waals surface area contributed by atoms with Gasteiger partial charge in [0, 0.05) is 38.2 Å². The Kier molecular flexibility index (Phi) is 6.24. The van der Waals surface area contributed by atoms with Crippen LogP contribution in [0.25, 0.3) is 0 Å². The minimum absolute atomic E-state index is 0.126. The molecule has 0 bridgehead atoms. The molecule has 0 aliphatic carbocycles. The summed E-state index contributed by atoms with van der Waals surface area (Å²) >= 11 is 1.45. The molecular formula is C20H23N3O3S. The van der Waals surface area contributed by atoms with Crippen LogP contribution in [0.2, 0.25) is 0 Å². The van der Waals surface area contributed by atoms with E-state index in [0.29, 0.717) is 25.2 Å². The number of nitrogens with one attached hydrogen (secondary N) is 2. The van der Waals surface area contributed by atoms with Gasteiger partial charge in [0.05, 0.1) is 4.88 Å². The third kappa shape index (κ3) is 4.74. The second-order valence-corrected chi connectivity index (χ2v) is 7.51. The SMILES string of the molecule is CNC(=O)c1cccc(CNC(=O)N2CCCC(C(=O)c3cccs3)C2)c1. The van der Waals surface area contributed by atoms with E-state index in [1.54, 1.807) is 30.1 Å². The van der Waals surface area contributed by atoms with E-state index in [2.05, 4.69) is 10.6 Å². The molecule has 0 spiro atoms. The molecule has 1 aromatic heterocycles. The number of hydrogen-bond donors (Lipinski definition) is 2. The highest BCUT2D eigenvalue weighted by Gasteiger charge is 2.29. The molecule has 2 aromatic rings. The van der Waals surface area contributed by atoms with Gasteiger partial charge in [-0.15, -0.1) is 11.3 Å². The molecule has 1 aliphatic rings. The number of amides is 3. The molecule has 2 N–H and O–H groups in total. The molecule has 2 heterocycles. The Balaban J connectivity index is 1.56. The molecule has 1 atom stereocenters. The van der Waals surface area contributed by atoms with Crippen LogP contribution in [-0.4, -0.2) is 42.8 Å². The number of benzene rings is 1. The third-order valence-corrected chi connectivity index (χ3v) is 5.59. The van der Waals surface area contributed by atoms with Crippen molar-refractivity contribution < 1.29 is 14.4 Å². The normalized spacial score (nSPS) is 16.6. The molecule has 6 nitrogen and oxygen atoms in total. The minimum Gasteiger partial charge on any atom is -0.355 e. The van der Waals surface area contributed by atoms with E-state index < -0.39 is 0 Å². The van der Waals surface area contributed by atoms with Crippen molar-refractivity contribution in [2.75, 3.05) is 20.1 Å². The minimum atomic E-state index is -0.177. The average molecular weight is 385 g/mol. The van der Waals surface area contributed by atoms with Crippen LogP contribution in [0.4, 0.5) is 4.79 Å². The lowest BCUT2D eigenvalue weighted by Gasteiger charge is -2.31. The quantitative estimate of drug-likeness (QED) is 0.777. The fourth-order valence-corrected chi connectivity index (χ4v) is 4.00. The zero-order valence-electron chi connectivity index (χ0n) is 15.2.